The van der Waals surface area contributed by atoms with Crippen LogP contribution in [-0.2, 0) is 0 Å². The molecule has 0 saturated carbocycles. The molecule has 0 unspecified atom stereocenters. The number of nitrogens with one attached hydrogen (secondary N) is 1. The Hall–Kier alpha value is -0.420. The van der Waals surface area contributed by atoms with Crippen LogP contribution in [0, 0.1) is 0 Å². The number of halogens is 4. The van der Waals surface area contributed by atoms with Crippen molar-refractivity contribution < 1.29 is 8.78 Å². The Bertz CT molecular complexity index is 352. The highest BCUT2D eigenvalue weighted by Crippen LogP contribution is 2.22. The molecule has 1 aromatic rings. The molecular formula is C6H3BrClF2NO. The second-order valence-electron chi connectivity index (χ2n) is 2.02. The molecule has 0 radical (unpaired) electrons. The molecule has 0 aliphatic heterocycles. The Balaban J connectivity index is 3.31. The molecule has 1 aromatic heterocycles. The Morgan fingerprint density at radius 2 is 2.17 bits per heavy atom. The van der Waals surface area contributed by atoms with E-state index in [0.717, 1.165) is 6.07 Å². The van der Waals surface area contributed by atoms with Gasteiger partial charge in [-0.15, -0.1) is 0 Å². The molecule has 0 bridgehead atoms. The van der Waals surface area contributed by atoms with Gasteiger partial charge in [0.2, 0.25) is 0 Å². The van der Waals surface area contributed by atoms with Gasteiger partial charge in [-0.1, -0.05) is 11.6 Å². The zero-order valence-electron chi connectivity index (χ0n) is 5.57. The summed E-state index contributed by atoms with van der Waals surface area (Å²) < 4.78 is 24.1. The zero-order chi connectivity index (χ0) is 9.30. The molecule has 0 saturated heterocycles. The maximum absolute atomic E-state index is 12.0. The van der Waals surface area contributed by atoms with E-state index >= 15 is 0 Å². The van der Waals surface area contributed by atoms with Crippen molar-refractivity contribution in [1.82, 2.24) is 4.98 Å². The maximum atomic E-state index is 12.0. The van der Waals surface area contributed by atoms with E-state index in [0.29, 0.717) is 0 Å². The van der Waals surface area contributed by atoms with Crippen LogP contribution in [0.5, 0.6) is 0 Å². The lowest BCUT2D eigenvalue weighted by Gasteiger charge is -2.00. The molecule has 6 heteroatoms. The van der Waals surface area contributed by atoms with Gasteiger partial charge in [0.15, 0.2) is 0 Å². The van der Waals surface area contributed by atoms with Crippen molar-refractivity contribution in [2.45, 2.75) is 6.43 Å². The summed E-state index contributed by atoms with van der Waals surface area (Å²) in [5.74, 6) is 0. The lowest BCUT2D eigenvalue weighted by Crippen LogP contribution is -2.10. The monoisotopic (exact) mass is 257 g/mol. The van der Waals surface area contributed by atoms with E-state index in [-0.39, 0.29) is 9.50 Å². The Kier molecular flexibility index (Phi) is 2.85. The summed E-state index contributed by atoms with van der Waals surface area (Å²) in [6.07, 6.45) is -2.72. The van der Waals surface area contributed by atoms with Crippen LogP contribution in [0.15, 0.2) is 15.3 Å². The molecule has 66 valence electrons. The molecule has 0 amide bonds. The summed E-state index contributed by atoms with van der Waals surface area (Å²) in [5, 5.41) is -0.0194. The molecule has 0 atom stereocenters. The van der Waals surface area contributed by atoms with E-state index < -0.39 is 17.7 Å². The van der Waals surface area contributed by atoms with Crippen LogP contribution in [0.3, 0.4) is 0 Å². The highest BCUT2D eigenvalue weighted by atomic mass is 79.9. The van der Waals surface area contributed by atoms with Crippen molar-refractivity contribution in [3.05, 3.63) is 31.6 Å². The summed E-state index contributed by atoms with van der Waals surface area (Å²) in [6.45, 7) is 0. The van der Waals surface area contributed by atoms with Crippen LogP contribution in [0.2, 0.25) is 5.02 Å². The minimum atomic E-state index is -2.72. The highest BCUT2D eigenvalue weighted by molar-refractivity contribution is 9.10. The molecule has 1 heterocycles. The smallest absolute Gasteiger partial charge is 0.278 e. The Labute approximate surface area is 79.7 Å². The van der Waals surface area contributed by atoms with E-state index in [1.807, 2.05) is 4.98 Å². The van der Waals surface area contributed by atoms with Gasteiger partial charge < -0.3 is 4.98 Å². The molecular weight excluding hydrogens is 255 g/mol. The molecule has 1 N–H and O–H groups in total. The summed E-state index contributed by atoms with van der Waals surface area (Å²) in [7, 11) is 0. The standard InChI is InChI=1S/C6H3BrClF2NO/c7-4-2(8)1-3(5(9)10)11-6(4)12/h1,5H,(H,11,12). The minimum absolute atomic E-state index is 0.0194. The van der Waals surface area contributed by atoms with Gasteiger partial charge in [-0.2, -0.15) is 0 Å². The van der Waals surface area contributed by atoms with Gasteiger partial charge in [0.25, 0.3) is 12.0 Å². The predicted molar refractivity (Wildman–Crippen MR) is 44.7 cm³/mol. The second kappa shape index (κ2) is 3.53. The summed E-state index contributed by atoms with van der Waals surface area (Å²) in [4.78, 5) is 12.8. The van der Waals surface area contributed by atoms with E-state index in [1.54, 1.807) is 0 Å². The van der Waals surface area contributed by atoms with Crippen LogP contribution in [0.4, 0.5) is 8.78 Å². The second-order valence-corrected chi connectivity index (χ2v) is 3.22. The van der Waals surface area contributed by atoms with E-state index in [4.69, 9.17) is 11.6 Å². The summed E-state index contributed by atoms with van der Waals surface area (Å²) in [6, 6.07) is 1.01. The maximum Gasteiger partial charge on any atom is 0.278 e. The van der Waals surface area contributed by atoms with E-state index in [2.05, 4.69) is 15.9 Å². The number of pyridine rings is 1. The number of aromatic amines is 1. The lowest BCUT2D eigenvalue weighted by molar-refractivity contribution is 0.146. The van der Waals surface area contributed by atoms with Gasteiger partial charge in [-0.25, -0.2) is 8.78 Å². The third-order valence-corrected chi connectivity index (χ3v) is 2.50. The molecule has 2 nitrogen and oxygen atoms in total. The average molecular weight is 258 g/mol. The van der Waals surface area contributed by atoms with Gasteiger partial charge in [0, 0.05) is 0 Å². The first-order chi connectivity index (χ1) is 5.52. The van der Waals surface area contributed by atoms with Gasteiger partial charge in [-0.05, 0) is 22.0 Å². The first-order valence-corrected chi connectivity index (χ1v) is 4.06. The largest absolute Gasteiger partial charge is 0.320 e. The fourth-order valence-corrected chi connectivity index (χ4v) is 1.06. The summed E-state index contributed by atoms with van der Waals surface area (Å²) >= 11 is 8.30. The van der Waals surface area contributed by atoms with Crippen molar-refractivity contribution in [2.24, 2.45) is 0 Å². The molecule has 0 spiro atoms. The Morgan fingerprint density at radius 3 is 2.58 bits per heavy atom. The number of alkyl halides is 2. The van der Waals surface area contributed by atoms with Crippen molar-refractivity contribution >= 4 is 27.5 Å². The third-order valence-electron chi connectivity index (χ3n) is 1.18. The minimum Gasteiger partial charge on any atom is -0.320 e. The van der Waals surface area contributed by atoms with E-state index in [1.165, 1.54) is 0 Å². The van der Waals surface area contributed by atoms with Crippen molar-refractivity contribution in [1.29, 1.82) is 0 Å². The summed E-state index contributed by atoms with van der Waals surface area (Å²) in [5.41, 5.74) is -1.13. The fourth-order valence-electron chi connectivity index (χ4n) is 0.648. The fraction of sp³-hybridized carbons (Fsp3) is 0.167. The SMILES string of the molecule is O=c1[nH]c(C(F)F)cc(Cl)c1Br. The predicted octanol–water partition coefficient (Wildman–Crippen LogP) is 2.73. The number of hydrogen-bond donors (Lipinski definition) is 1. The molecule has 0 aliphatic rings. The number of rotatable bonds is 1. The number of aromatic nitrogens is 1. The highest BCUT2D eigenvalue weighted by Gasteiger charge is 2.11. The van der Waals surface area contributed by atoms with Crippen LogP contribution in [0.1, 0.15) is 12.1 Å². The van der Waals surface area contributed by atoms with Gasteiger partial charge in [0.05, 0.1) is 10.7 Å². The first kappa shape index (κ1) is 9.67. The van der Waals surface area contributed by atoms with Crippen molar-refractivity contribution in [2.75, 3.05) is 0 Å². The van der Waals surface area contributed by atoms with Crippen LogP contribution >= 0.6 is 27.5 Å². The molecule has 0 fully saturated rings. The van der Waals surface area contributed by atoms with Crippen LogP contribution in [0.25, 0.3) is 0 Å². The molecule has 0 aromatic carbocycles. The number of hydrogen-bond acceptors (Lipinski definition) is 1. The third kappa shape index (κ3) is 1.84. The lowest BCUT2D eigenvalue weighted by atomic mass is 10.3. The molecule has 12 heavy (non-hydrogen) atoms. The van der Waals surface area contributed by atoms with Crippen LogP contribution in [-0.4, -0.2) is 4.98 Å². The van der Waals surface area contributed by atoms with Crippen molar-refractivity contribution in [3.63, 3.8) is 0 Å². The van der Waals surface area contributed by atoms with Crippen molar-refractivity contribution in [3.8, 4) is 0 Å². The van der Waals surface area contributed by atoms with E-state index in [9.17, 15) is 13.6 Å². The van der Waals surface area contributed by atoms with Gasteiger partial charge >= 0.3 is 0 Å². The first-order valence-electron chi connectivity index (χ1n) is 2.88. The average Bonchev–Trinajstić information content (AvgIpc) is 1.99. The normalized spacial score (nSPS) is 10.8. The van der Waals surface area contributed by atoms with Gasteiger partial charge in [0.1, 0.15) is 4.47 Å². The van der Waals surface area contributed by atoms with Crippen LogP contribution < -0.4 is 5.56 Å². The molecule has 0 aliphatic carbocycles. The molecule has 1 rings (SSSR count). The Morgan fingerprint density at radius 1 is 1.58 bits per heavy atom. The number of H-pyrrole nitrogens is 1. The van der Waals surface area contributed by atoms with Gasteiger partial charge in [-0.3, -0.25) is 4.79 Å². The topological polar surface area (TPSA) is 32.9 Å². The quantitative estimate of drug-likeness (QED) is 0.825. The zero-order valence-corrected chi connectivity index (χ0v) is 7.92.